The van der Waals surface area contributed by atoms with Crippen molar-refractivity contribution in [3.63, 3.8) is 0 Å². The summed E-state index contributed by atoms with van der Waals surface area (Å²) >= 11 is 5.84. The fourth-order valence-corrected chi connectivity index (χ4v) is 3.07. The molecule has 2 N–H and O–H groups in total. The highest BCUT2D eigenvalue weighted by molar-refractivity contribution is 6.31. The van der Waals surface area contributed by atoms with Gasteiger partial charge >= 0.3 is 0 Å². The topological polar surface area (TPSA) is 69.2 Å². The van der Waals surface area contributed by atoms with Gasteiger partial charge in [-0.1, -0.05) is 11.6 Å². The molecule has 1 aromatic carbocycles. The SMILES string of the molecule is Cc1cc(C[C@@H]2CN(C(=O)c3cc(Cl)ccc3F)C[C@@H]2O)n[nH]1. The van der Waals surface area contributed by atoms with E-state index in [9.17, 15) is 14.3 Å². The number of hydrogen-bond donors (Lipinski definition) is 2. The second-order valence-corrected chi connectivity index (χ2v) is 6.34. The normalized spacial score (nSPS) is 21.0. The predicted octanol–water partition coefficient (Wildman–Crippen LogP) is 2.19. The number of likely N-dealkylation sites (tertiary alicyclic amines) is 1. The standard InChI is InChI=1S/C16H17ClFN3O2/c1-9-4-12(20-19-9)5-10-7-21(8-15(10)22)16(23)13-6-11(17)2-3-14(13)18/h2-4,6,10,15,22H,5,7-8H2,1H3,(H,19,20)/t10-,15+/m1/s1. The Hall–Kier alpha value is -1.92. The van der Waals surface area contributed by atoms with Crippen molar-refractivity contribution in [2.75, 3.05) is 13.1 Å². The third kappa shape index (κ3) is 3.38. The highest BCUT2D eigenvalue weighted by atomic mass is 35.5. The monoisotopic (exact) mass is 337 g/mol. The molecule has 23 heavy (non-hydrogen) atoms. The van der Waals surface area contributed by atoms with Crippen LogP contribution in [0.1, 0.15) is 21.7 Å². The Labute approximate surface area is 138 Å². The van der Waals surface area contributed by atoms with Crippen LogP contribution in [0.3, 0.4) is 0 Å². The zero-order chi connectivity index (χ0) is 16.6. The highest BCUT2D eigenvalue weighted by Crippen LogP contribution is 2.24. The summed E-state index contributed by atoms with van der Waals surface area (Å²) in [5.41, 5.74) is 1.72. The van der Waals surface area contributed by atoms with Crippen LogP contribution in [0, 0.1) is 18.7 Å². The number of nitrogens with zero attached hydrogens (tertiary/aromatic N) is 2. The number of nitrogens with one attached hydrogen (secondary N) is 1. The van der Waals surface area contributed by atoms with E-state index in [0.717, 1.165) is 11.4 Å². The average Bonchev–Trinajstić information content (AvgIpc) is 3.08. The second-order valence-electron chi connectivity index (χ2n) is 5.91. The molecule has 1 aromatic heterocycles. The average molecular weight is 338 g/mol. The molecular weight excluding hydrogens is 321 g/mol. The van der Waals surface area contributed by atoms with Gasteiger partial charge in [0.1, 0.15) is 5.82 Å². The molecule has 1 aliphatic heterocycles. The van der Waals surface area contributed by atoms with Crippen molar-refractivity contribution in [1.82, 2.24) is 15.1 Å². The van der Waals surface area contributed by atoms with Gasteiger partial charge in [-0.3, -0.25) is 9.89 Å². The molecule has 7 heteroatoms. The summed E-state index contributed by atoms with van der Waals surface area (Å²) in [5, 5.41) is 17.5. The minimum absolute atomic E-state index is 0.0686. The Morgan fingerprint density at radius 1 is 1.48 bits per heavy atom. The van der Waals surface area contributed by atoms with Crippen LogP contribution < -0.4 is 0 Å². The van der Waals surface area contributed by atoms with Crippen molar-refractivity contribution < 1.29 is 14.3 Å². The first-order valence-corrected chi connectivity index (χ1v) is 7.75. The molecule has 1 fully saturated rings. The van der Waals surface area contributed by atoms with E-state index in [4.69, 9.17) is 11.6 Å². The van der Waals surface area contributed by atoms with Crippen LogP contribution in [-0.2, 0) is 6.42 Å². The maximum atomic E-state index is 13.8. The van der Waals surface area contributed by atoms with Crippen LogP contribution >= 0.6 is 11.6 Å². The molecule has 0 spiro atoms. The number of aliphatic hydroxyl groups excluding tert-OH is 1. The van der Waals surface area contributed by atoms with Crippen LogP contribution in [-0.4, -0.2) is 45.3 Å². The Morgan fingerprint density at radius 3 is 2.96 bits per heavy atom. The summed E-state index contributed by atoms with van der Waals surface area (Å²) in [6.45, 7) is 2.44. The number of carbonyl (C=O) groups is 1. The summed E-state index contributed by atoms with van der Waals surface area (Å²) in [7, 11) is 0. The molecule has 0 unspecified atom stereocenters. The minimum atomic E-state index is -0.654. The quantitative estimate of drug-likeness (QED) is 0.902. The predicted molar refractivity (Wildman–Crippen MR) is 83.8 cm³/mol. The first-order chi connectivity index (χ1) is 10.9. The van der Waals surface area contributed by atoms with Crippen LogP contribution in [0.15, 0.2) is 24.3 Å². The number of H-pyrrole nitrogens is 1. The summed E-state index contributed by atoms with van der Waals surface area (Å²) in [5.74, 6) is -1.19. The second kappa shape index (κ2) is 6.29. The number of aryl methyl sites for hydroxylation is 1. The number of aromatic amines is 1. The molecule has 5 nitrogen and oxygen atoms in total. The fraction of sp³-hybridized carbons (Fsp3) is 0.375. The van der Waals surface area contributed by atoms with Crippen molar-refractivity contribution in [2.45, 2.75) is 19.4 Å². The number of β-amino-alcohol motifs (C(OH)–C–C–N with tert-alkyl or cyclic N) is 1. The lowest BCUT2D eigenvalue weighted by atomic mass is 10.0. The van der Waals surface area contributed by atoms with E-state index in [-0.39, 0.29) is 18.0 Å². The molecule has 1 aliphatic rings. The van der Waals surface area contributed by atoms with E-state index >= 15 is 0 Å². The third-order valence-electron chi connectivity index (χ3n) is 4.08. The largest absolute Gasteiger partial charge is 0.391 e. The number of aliphatic hydroxyl groups is 1. The molecule has 0 saturated carbocycles. The van der Waals surface area contributed by atoms with Gasteiger partial charge in [-0.2, -0.15) is 5.10 Å². The molecule has 2 atom stereocenters. The molecule has 3 rings (SSSR count). The van der Waals surface area contributed by atoms with Crippen molar-refractivity contribution >= 4 is 17.5 Å². The molecule has 0 radical (unpaired) electrons. The van der Waals surface area contributed by atoms with Gasteiger partial charge in [0, 0.05) is 29.7 Å². The van der Waals surface area contributed by atoms with Gasteiger partial charge in [0.2, 0.25) is 0 Å². The number of rotatable bonds is 3. The van der Waals surface area contributed by atoms with Crippen molar-refractivity contribution in [3.05, 3.63) is 52.1 Å². The summed E-state index contributed by atoms with van der Waals surface area (Å²) in [4.78, 5) is 13.9. The summed E-state index contributed by atoms with van der Waals surface area (Å²) in [6.07, 6.45) is -0.0916. The fourth-order valence-electron chi connectivity index (χ4n) is 2.90. The number of carbonyl (C=O) groups excluding carboxylic acids is 1. The van der Waals surface area contributed by atoms with E-state index in [0.29, 0.717) is 18.0 Å². The van der Waals surface area contributed by atoms with Gasteiger partial charge in [-0.15, -0.1) is 0 Å². The Morgan fingerprint density at radius 2 is 2.26 bits per heavy atom. The Balaban J connectivity index is 1.72. The van der Waals surface area contributed by atoms with Crippen LogP contribution in [0.25, 0.3) is 0 Å². The third-order valence-corrected chi connectivity index (χ3v) is 4.32. The first-order valence-electron chi connectivity index (χ1n) is 7.37. The number of aromatic nitrogens is 2. The molecule has 2 aromatic rings. The highest BCUT2D eigenvalue weighted by Gasteiger charge is 2.35. The van der Waals surface area contributed by atoms with Gasteiger partial charge in [0.05, 0.1) is 17.4 Å². The number of hydrogen-bond acceptors (Lipinski definition) is 3. The van der Waals surface area contributed by atoms with Crippen molar-refractivity contribution in [2.24, 2.45) is 5.92 Å². The maximum absolute atomic E-state index is 13.8. The zero-order valence-electron chi connectivity index (χ0n) is 12.6. The summed E-state index contributed by atoms with van der Waals surface area (Å²) in [6, 6.07) is 5.80. The summed E-state index contributed by atoms with van der Waals surface area (Å²) < 4.78 is 13.8. The first kappa shape index (κ1) is 16.0. The molecular formula is C16H17ClFN3O2. The van der Waals surface area contributed by atoms with Gasteiger partial charge < -0.3 is 10.0 Å². The lowest BCUT2D eigenvalue weighted by Crippen LogP contribution is -2.30. The van der Waals surface area contributed by atoms with E-state index in [2.05, 4.69) is 10.2 Å². The molecule has 1 amide bonds. The number of amides is 1. The van der Waals surface area contributed by atoms with Crippen LogP contribution in [0.4, 0.5) is 4.39 Å². The van der Waals surface area contributed by atoms with Crippen LogP contribution in [0.2, 0.25) is 5.02 Å². The molecule has 2 heterocycles. The van der Waals surface area contributed by atoms with Crippen molar-refractivity contribution in [1.29, 1.82) is 0 Å². The Kier molecular flexibility index (Phi) is 4.37. The molecule has 1 saturated heterocycles. The van der Waals surface area contributed by atoms with Crippen LogP contribution in [0.5, 0.6) is 0 Å². The van der Waals surface area contributed by atoms with E-state index in [1.54, 1.807) is 0 Å². The maximum Gasteiger partial charge on any atom is 0.256 e. The van der Waals surface area contributed by atoms with Gasteiger partial charge in [-0.05, 0) is 37.6 Å². The van der Waals surface area contributed by atoms with Gasteiger partial charge in [0.15, 0.2) is 0 Å². The minimum Gasteiger partial charge on any atom is -0.391 e. The number of halogens is 2. The number of benzene rings is 1. The zero-order valence-corrected chi connectivity index (χ0v) is 13.3. The van der Waals surface area contributed by atoms with E-state index in [1.807, 2.05) is 13.0 Å². The van der Waals surface area contributed by atoms with Gasteiger partial charge in [-0.25, -0.2) is 4.39 Å². The lowest BCUT2D eigenvalue weighted by molar-refractivity contribution is 0.0760. The van der Waals surface area contributed by atoms with Crippen molar-refractivity contribution in [3.8, 4) is 0 Å². The molecule has 122 valence electrons. The molecule has 0 aliphatic carbocycles. The van der Waals surface area contributed by atoms with E-state index < -0.39 is 17.8 Å². The molecule has 0 bridgehead atoms. The lowest BCUT2D eigenvalue weighted by Gasteiger charge is -2.16. The van der Waals surface area contributed by atoms with Gasteiger partial charge in [0.25, 0.3) is 5.91 Å². The van der Waals surface area contributed by atoms with E-state index in [1.165, 1.54) is 23.1 Å². The Bertz CT molecular complexity index is 734. The smallest absolute Gasteiger partial charge is 0.256 e.